The molecule has 0 aliphatic heterocycles. The second-order valence-electron chi connectivity index (χ2n) is 14.1. The fraction of sp³-hybridized carbons (Fsp3) is 0. The maximum absolute atomic E-state index is 2.46. The predicted octanol–water partition coefficient (Wildman–Crippen LogP) is 16.2. The lowest BCUT2D eigenvalue weighted by atomic mass is 10.0. The molecule has 4 heteroatoms. The third kappa shape index (κ3) is 5.53. The minimum absolute atomic E-state index is 1.12. The van der Waals surface area contributed by atoms with Crippen molar-refractivity contribution in [2.24, 2.45) is 0 Å². The van der Waals surface area contributed by atoms with Crippen LogP contribution >= 0.6 is 22.7 Å². The van der Waals surface area contributed by atoms with Gasteiger partial charge in [0.25, 0.3) is 0 Å². The van der Waals surface area contributed by atoms with Gasteiger partial charge in [-0.05, 0) is 101 Å². The molecule has 0 saturated heterocycles. The zero-order valence-corrected chi connectivity index (χ0v) is 32.0. The Morgan fingerprint density at radius 3 is 1.68 bits per heavy atom. The van der Waals surface area contributed by atoms with Crippen molar-refractivity contribution in [1.82, 2.24) is 0 Å². The average Bonchev–Trinajstić information content (AvgIpc) is 3.84. The Kier molecular flexibility index (Phi) is 7.90. The molecule has 11 aromatic rings. The van der Waals surface area contributed by atoms with Crippen molar-refractivity contribution in [3.63, 3.8) is 0 Å². The Bertz CT molecular complexity index is 3160. The summed E-state index contributed by atoms with van der Waals surface area (Å²) in [5.41, 5.74) is 9.28. The normalized spacial score (nSPS) is 11.6. The first-order valence-electron chi connectivity index (χ1n) is 18.9. The van der Waals surface area contributed by atoms with Gasteiger partial charge in [-0.2, -0.15) is 0 Å². The smallest absolute Gasteiger partial charge is 0.0640 e. The van der Waals surface area contributed by atoms with Crippen LogP contribution in [0.2, 0.25) is 0 Å². The maximum Gasteiger partial charge on any atom is 0.0640 e. The molecule has 2 heterocycles. The van der Waals surface area contributed by atoms with E-state index < -0.39 is 0 Å². The highest BCUT2D eigenvalue weighted by molar-refractivity contribution is 7.26. The summed E-state index contributed by atoms with van der Waals surface area (Å²) in [6.07, 6.45) is 0. The van der Waals surface area contributed by atoms with Gasteiger partial charge in [-0.3, -0.25) is 0 Å². The maximum atomic E-state index is 2.46. The van der Waals surface area contributed by atoms with E-state index in [4.69, 9.17) is 0 Å². The van der Waals surface area contributed by atoms with Crippen molar-refractivity contribution < 1.29 is 0 Å². The molecule has 11 rings (SSSR count). The molecule has 2 aromatic heterocycles. The van der Waals surface area contributed by atoms with E-state index >= 15 is 0 Å². The number of anilines is 6. The van der Waals surface area contributed by atoms with Gasteiger partial charge in [0.1, 0.15) is 0 Å². The van der Waals surface area contributed by atoms with Crippen molar-refractivity contribution >= 4 is 108 Å². The quantitative estimate of drug-likeness (QED) is 0.160. The Morgan fingerprint density at radius 1 is 0.304 bits per heavy atom. The standard InChI is InChI=1S/C52H34N2S2/c1-3-15-39(16-4-1)53(40-17-5-2-6-18-40)46-21-12-24-49-51(46)45-20-11-22-47(52(45)56-49)54(42-31-32-44-43-19-9-10-23-48(43)55-50(44)34-42)41-29-27-36(28-30-41)38-26-25-35-13-7-8-14-37(35)33-38/h1-34H. The molecule has 0 spiro atoms. The van der Waals surface area contributed by atoms with Gasteiger partial charge < -0.3 is 9.80 Å². The Hall–Kier alpha value is -6.72. The van der Waals surface area contributed by atoms with E-state index in [2.05, 4.69) is 216 Å². The summed E-state index contributed by atoms with van der Waals surface area (Å²) in [6.45, 7) is 0. The van der Waals surface area contributed by atoms with Gasteiger partial charge in [0, 0.05) is 58.4 Å². The third-order valence-corrected chi connectivity index (χ3v) is 13.1. The monoisotopic (exact) mass is 750 g/mol. The fourth-order valence-electron chi connectivity index (χ4n) is 8.21. The third-order valence-electron chi connectivity index (χ3n) is 10.8. The van der Waals surface area contributed by atoms with E-state index in [0.717, 1.165) is 22.7 Å². The Labute approximate surface area is 333 Å². The van der Waals surface area contributed by atoms with Crippen molar-refractivity contribution in [2.75, 3.05) is 9.80 Å². The summed E-state index contributed by atoms with van der Waals surface area (Å²) in [4.78, 5) is 4.84. The highest BCUT2D eigenvalue weighted by atomic mass is 32.1. The minimum atomic E-state index is 1.12. The lowest BCUT2D eigenvalue weighted by Gasteiger charge is -2.27. The van der Waals surface area contributed by atoms with Gasteiger partial charge in [-0.1, -0.05) is 127 Å². The number of thiophene rings is 2. The number of rotatable bonds is 7. The molecule has 0 N–H and O–H groups in total. The second-order valence-corrected chi connectivity index (χ2v) is 16.3. The van der Waals surface area contributed by atoms with Crippen molar-refractivity contribution in [1.29, 1.82) is 0 Å². The molecule has 0 unspecified atom stereocenters. The fourth-order valence-corrected chi connectivity index (χ4v) is 10.6. The van der Waals surface area contributed by atoms with Gasteiger partial charge in [-0.15, -0.1) is 22.7 Å². The van der Waals surface area contributed by atoms with Crippen LogP contribution in [0, 0.1) is 0 Å². The predicted molar refractivity (Wildman–Crippen MR) is 245 cm³/mol. The first-order chi connectivity index (χ1) is 27.8. The van der Waals surface area contributed by atoms with E-state index in [1.165, 1.54) is 73.6 Å². The topological polar surface area (TPSA) is 6.48 Å². The zero-order valence-electron chi connectivity index (χ0n) is 30.3. The number of benzene rings is 9. The van der Waals surface area contributed by atoms with E-state index in [-0.39, 0.29) is 0 Å². The summed E-state index contributed by atoms with van der Waals surface area (Å²) in [5.74, 6) is 0. The molecule has 2 nitrogen and oxygen atoms in total. The van der Waals surface area contributed by atoms with Crippen LogP contribution in [0.15, 0.2) is 206 Å². The number of para-hydroxylation sites is 2. The van der Waals surface area contributed by atoms with Crippen LogP contribution in [0.1, 0.15) is 0 Å². The highest BCUT2D eigenvalue weighted by Gasteiger charge is 2.23. The molecule has 264 valence electrons. The zero-order chi connectivity index (χ0) is 37.0. The van der Waals surface area contributed by atoms with Gasteiger partial charge in [0.15, 0.2) is 0 Å². The van der Waals surface area contributed by atoms with E-state index in [1.807, 2.05) is 22.7 Å². The van der Waals surface area contributed by atoms with E-state index in [0.29, 0.717) is 0 Å². The van der Waals surface area contributed by atoms with Crippen molar-refractivity contribution in [3.8, 4) is 11.1 Å². The van der Waals surface area contributed by atoms with Gasteiger partial charge in [-0.25, -0.2) is 0 Å². The summed E-state index contributed by atoms with van der Waals surface area (Å²) in [5, 5.41) is 7.62. The molecule has 0 aliphatic rings. The summed E-state index contributed by atoms with van der Waals surface area (Å²) in [6, 6.07) is 75.1. The van der Waals surface area contributed by atoms with Crippen LogP contribution in [0.4, 0.5) is 34.1 Å². The molecule has 0 amide bonds. The molecular weight excluding hydrogens is 717 g/mol. The molecule has 0 atom stereocenters. The minimum Gasteiger partial charge on any atom is -0.310 e. The second kappa shape index (κ2) is 13.5. The first kappa shape index (κ1) is 32.7. The number of fused-ring (bicyclic) bond motifs is 7. The van der Waals surface area contributed by atoms with E-state index in [1.54, 1.807) is 0 Å². The lowest BCUT2D eigenvalue weighted by Crippen LogP contribution is -2.10. The molecule has 9 aromatic carbocycles. The molecule has 0 fully saturated rings. The van der Waals surface area contributed by atoms with E-state index in [9.17, 15) is 0 Å². The van der Waals surface area contributed by atoms with Crippen LogP contribution in [-0.2, 0) is 0 Å². The number of hydrogen-bond acceptors (Lipinski definition) is 4. The van der Waals surface area contributed by atoms with Crippen molar-refractivity contribution in [3.05, 3.63) is 206 Å². The molecule has 0 bridgehead atoms. The summed E-state index contributed by atoms with van der Waals surface area (Å²) in [7, 11) is 0. The van der Waals surface area contributed by atoms with Gasteiger partial charge >= 0.3 is 0 Å². The Morgan fingerprint density at radius 2 is 0.875 bits per heavy atom. The van der Waals surface area contributed by atoms with Crippen LogP contribution in [-0.4, -0.2) is 0 Å². The summed E-state index contributed by atoms with van der Waals surface area (Å²) >= 11 is 3.73. The number of hydrogen-bond donors (Lipinski definition) is 0. The number of nitrogens with zero attached hydrogens (tertiary/aromatic N) is 2. The van der Waals surface area contributed by atoms with Crippen LogP contribution in [0.5, 0.6) is 0 Å². The molecule has 56 heavy (non-hydrogen) atoms. The molecule has 0 aliphatic carbocycles. The van der Waals surface area contributed by atoms with Crippen molar-refractivity contribution in [2.45, 2.75) is 0 Å². The molecule has 0 saturated carbocycles. The van der Waals surface area contributed by atoms with Gasteiger partial charge in [0.05, 0.1) is 16.1 Å². The first-order valence-corrected chi connectivity index (χ1v) is 20.6. The molecular formula is C52H34N2S2. The highest BCUT2D eigenvalue weighted by Crippen LogP contribution is 2.50. The SMILES string of the molecule is c1ccc(N(c2ccccc2)c2cccc3sc4c(N(c5ccc(-c6ccc7ccccc7c6)cc5)c5ccc6c(c5)sc5ccccc56)cccc4c23)cc1. The average molecular weight is 751 g/mol. The van der Waals surface area contributed by atoms with Crippen LogP contribution in [0.3, 0.4) is 0 Å². The largest absolute Gasteiger partial charge is 0.310 e. The lowest BCUT2D eigenvalue weighted by molar-refractivity contribution is 1.30. The Balaban J connectivity index is 1.11. The van der Waals surface area contributed by atoms with Crippen LogP contribution in [0.25, 0.3) is 62.2 Å². The van der Waals surface area contributed by atoms with Gasteiger partial charge in [0.2, 0.25) is 0 Å². The van der Waals surface area contributed by atoms with Crippen LogP contribution < -0.4 is 9.80 Å². The summed E-state index contributed by atoms with van der Waals surface area (Å²) < 4.78 is 5.11. The molecule has 0 radical (unpaired) electrons.